The Kier molecular flexibility index (Phi) is 10.6. The van der Waals surface area contributed by atoms with E-state index in [9.17, 15) is 19.5 Å². The van der Waals surface area contributed by atoms with Gasteiger partial charge in [-0.2, -0.15) is 0 Å². The third kappa shape index (κ3) is 8.73. The molecule has 0 aromatic heterocycles. The van der Waals surface area contributed by atoms with E-state index in [2.05, 4.69) is 17.6 Å². The van der Waals surface area contributed by atoms with Crippen LogP contribution >= 0.6 is 0 Å². The van der Waals surface area contributed by atoms with E-state index in [0.717, 1.165) is 54.4 Å². The van der Waals surface area contributed by atoms with E-state index in [1.807, 2.05) is 32.0 Å². The number of aryl methyl sites for hydroxylation is 1. The van der Waals surface area contributed by atoms with E-state index >= 15 is 0 Å². The van der Waals surface area contributed by atoms with Gasteiger partial charge >= 0.3 is 6.09 Å². The highest BCUT2D eigenvalue weighted by atomic mass is 16.6. The van der Waals surface area contributed by atoms with Crippen molar-refractivity contribution in [2.75, 3.05) is 6.54 Å². The molecular formula is C32H45N3O5. The molecule has 1 saturated carbocycles. The first-order chi connectivity index (χ1) is 18.9. The number of benzene rings is 2. The number of aromatic hydroxyl groups is 1. The number of nitrogens with one attached hydrogen (secondary N) is 2. The fourth-order valence-electron chi connectivity index (χ4n) is 4.74. The number of unbranched alkanes of at least 4 members (excludes halogenated alkanes) is 2. The lowest BCUT2D eigenvalue weighted by Crippen LogP contribution is -2.54. The predicted octanol–water partition coefficient (Wildman–Crippen LogP) is 5.48. The second kappa shape index (κ2) is 13.7. The van der Waals surface area contributed by atoms with Crippen molar-refractivity contribution >= 4 is 17.9 Å². The second-order valence-corrected chi connectivity index (χ2v) is 11.7. The average Bonchev–Trinajstić information content (AvgIpc) is 3.71. The standard InChI is InChI=1S/C32H45N3O5/c1-7-8-9-19-33-29(37)28(26-12-10-11-21(2)22(26)3)35(24-15-16-24)30(38)27(34-31(39)40-32(4,5)6)20-23-13-17-25(36)18-14-23/h10-14,17-18,24,27-28,36H,7-9,15-16,19-20H2,1-6H3,(H,33,37)(H,34,39). The van der Waals surface area contributed by atoms with Crippen LogP contribution in [0.25, 0.3) is 0 Å². The van der Waals surface area contributed by atoms with Crippen molar-refractivity contribution in [1.29, 1.82) is 0 Å². The minimum absolute atomic E-state index is 0.110. The summed E-state index contributed by atoms with van der Waals surface area (Å²) in [5, 5.41) is 15.6. The van der Waals surface area contributed by atoms with E-state index in [1.54, 1.807) is 49.9 Å². The summed E-state index contributed by atoms with van der Waals surface area (Å²) < 4.78 is 5.49. The molecule has 0 radical (unpaired) electrons. The Bertz CT molecular complexity index is 1170. The minimum atomic E-state index is -0.972. The van der Waals surface area contributed by atoms with E-state index in [-0.39, 0.29) is 30.0 Å². The number of phenols is 1. The van der Waals surface area contributed by atoms with Crippen LogP contribution in [0.3, 0.4) is 0 Å². The van der Waals surface area contributed by atoms with Gasteiger partial charge in [0.05, 0.1) is 0 Å². The number of carbonyl (C=O) groups excluding carboxylic acids is 3. The molecule has 0 aliphatic heterocycles. The SMILES string of the molecule is CCCCCNC(=O)C(c1cccc(C)c1C)N(C(=O)C(Cc1ccc(O)cc1)NC(=O)OC(C)(C)C)C1CC1. The lowest BCUT2D eigenvalue weighted by atomic mass is 9.94. The van der Waals surface area contributed by atoms with Crippen molar-refractivity contribution in [3.05, 3.63) is 64.7 Å². The smallest absolute Gasteiger partial charge is 0.408 e. The number of amides is 3. The molecule has 8 nitrogen and oxygen atoms in total. The van der Waals surface area contributed by atoms with E-state index in [4.69, 9.17) is 4.74 Å². The predicted molar refractivity (Wildman–Crippen MR) is 156 cm³/mol. The molecule has 1 aliphatic carbocycles. The Hall–Kier alpha value is -3.55. The maximum Gasteiger partial charge on any atom is 0.408 e. The van der Waals surface area contributed by atoms with E-state index in [0.29, 0.717) is 6.54 Å². The van der Waals surface area contributed by atoms with Gasteiger partial charge in [0.25, 0.3) is 0 Å². The summed E-state index contributed by atoms with van der Waals surface area (Å²) in [7, 11) is 0. The summed E-state index contributed by atoms with van der Waals surface area (Å²) >= 11 is 0. The molecule has 2 atom stereocenters. The number of rotatable bonds is 12. The topological polar surface area (TPSA) is 108 Å². The van der Waals surface area contributed by atoms with Crippen molar-refractivity contribution in [3.63, 3.8) is 0 Å². The Morgan fingerprint density at radius 3 is 2.33 bits per heavy atom. The highest BCUT2D eigenvalue weighted by molar-refractivity contribution is 5.93. The zero-order valence-electron chi connectivity index (χ0n) is 24.8. The zero-order valence-corrected chi connectivity index (χ0v) is 24.8. The van der Waals surface area contributed by atoms with Gasteiger partial charge in [0.2, 0.25) is 11.8 Å². The molecule has 8 heteroatoms. The Balaban J connectivity index is 2.00. The molecule has 0 saturated heterocycles. The fraction of sp³-hybridized carbons (Fsp3) is 0.531. The van der Waals surface area contributed by atoms with Gasteiger partial charge in [-0.05, 0) is 88.3 Å². The largest absolute Gasteiger partial charge is 0.508 e. The Morgan fingerprint density at radius 2 is 1.73 bits per heavy atom. The molecule has 3 amide bonds. The van der Waals surface area contributed by atoms with Crippen molar-refractivity contribution in [1.82, 2.24) is 15.5 Å². The van der Waals surface area contributed by atoms with Crippen LogP contribution in [0.4, 0.5) is 4.79 Å². The van der Waals surface area contributed by atoms with Crippen molar-refractivity contribution < 1.29 is 24.2 Å². The van der Waals surface area contributed by atoms with Gasteiger partial charge < -0.3 is 25.4 Å². The highest BCUT2D eigenvalue weighted by Gasteiger charge is 2.44. The zero-order chi connectivity index (χ0) is 29.4. The van der Waals surface area contributed by atoms with Crippen molar-refractivity contribution in [2.24, 2.45) is 0 Å². The number of ether oxygens (including phenoxy) is 1. The molecule has 0 heterocycles. The lowest BCUT2D eigenvalue weighted by molar-refractivity contribution is -0.143. The second-order valence-electron chi connectivity index (χ2n) is 11.7. The third-order valence-corrected chi connectivity index (χ3v) is 7.11. The van der Waals surface area contributed by atoms with Crippen molar-refractivity contribution in [2.45, 2.75) is 104 Å². The maximum atomic E-state index is 14.4. The monoisotopic (exact) mass is 551 g/mol. The first kappa shape index (κ1) is 31.0. The number of carbonyl (C=O) groups is 3. The number of nitrogens with zero attached hydrogens (tertiary/aromatic N) is 1. The molecule has 1 aliphatic rings. The number of phenolic OH excluding ortho intramolecular Hbond substituents is 1. The van der Waals surface area contributed by atoms with E-state index in [1.165, 1.54) is 0 Å². The number of hydrogen-bond acceptors (Lipinski definition) is 5. The molecule has 0 spiro atoms. The first-order valence-corrected chi connectivity index (χ1v) is 14.3. The van der Waals surface area contributed by atoms with Crippen molar-refractivity contribution in [3.8, 4) is 5.75 Å². The Morgan fingerprint density at radius 1 is 1.05 bits per heavy atom. The molecule has 2 aromatic rings. The summed E-state index contributed by atoms with van der Waals surface area (Å²) in [5.41, 5.74) is 2.80. The van der Waals surface area contributed by atoms with Crippen LogP contribution in [-0.4, -0.2) is 52.1 Å². The quantitative estimate of drug-likeness (QED) is 0.303. The average molecular weight is 552 g/mol. The van der Waals surface area contributed by atoms with Gasteiger partial charge in [0, 0.05) is 19.0 Å². The summed E-state index contributed by atoms with van der Waals surface area (Å²) in [6.45, 7) is 11.9. The first-order valence-electron chi connectivity index (χ1n) is 14.3. The van der Waals surface area contributed by atoms with Gasteiger partial charge in [0.1, 0.15) is 23.4 Å². The van der Waals surface area contributed by atoms with Gasteiger partial charge in [0.15, 0.2) is 0 Å². The maximum absolute atomic E-state index is 14.4. The van der Waals surface area contributed by atoms with Crippen LogP contribution in [0.1, 0.15) is 88.1 Å². The molecule has 2 unspecified atom stereocenters. The summed E-state index contributed by atoms with van der Waals surface area (Å²) in [5.74, 6) is -0.442. The normalized spacial score (nSPS) is 14.7. The van der Waals surface area contributed by atoms with Crippen LogP contribution in [0.2, 0.25) is 0 Å². The van der Waals surface area contributed by atoms with Crippen LogP contribution in [-0.2, 0) is 20.7 Å². The fourth-order valence-corrected chi connectivity index (χ4v) is 4.74. The summed E-state index contributed by atoms with van der Waals surface area (Å²) in [4.78, 5) is 42.8. The van der Waals surface area contributed by atoms with E-state index < -0.39 is 23.8 Å². The van der Waals surface area contributed by atoms with Crippen LogP contribution in [0.15, 0.2) is 42.5 Å². The molecule has 0 bridgehead atoms. The van der Waals surface area contributed by atoms with Crippen LogP contribution in [0.5, 0.6) is 5.75 Å². The van der Waals surface area contributed by atoms with Gasteiger partial charge in [-0.15, -0.1) is 0 Å². The molecule has 40 heavy (non-hydrogen) atoms. The number of hydrogen-bond donors (Lipinski definition) is 3. The molecule has 218 valence electrons. The Labute approximate surface area is 238 Å². The van der Waals surface area contributed by atoms with Gasteiger partial charge in [-0.1, -0.05) is 50.1 Å². The number of alkyl carbamates (subject to hydrolysis) is 1. The van der Waals surface area contributed by atoms with Gasteiger partial charge in [-0.3, -0.25) is 9.59 Å². The highest BCUT2D eigenvalue weighted by Crippen LogP contribution is 2.37. The molecule has 3 rings (SSSR count). The molecule has 2 aromatic carbocycles. The lowest BCUT2D eigenvalue weighted by Gasteiger charge is -2.35. The summed E-state index contributed by atoms with van der Waals surface area (Å²) in [6.07, 6.45) is 3.96. The molecule has 3 N–H and O–H groups in total. The molecule has 1 fully saturated rings. The third-order valence-electron chi connectivity index (χ3n) is 7.11. The van der Waals surface area contributed by atoms with Gasteiger partial charge in [-0.25, -0.2) is 4.79 Å². The molecular weight excluding hydrogens is 506 g/mol. The minimum Gasteiger partial charge on any atom is -0.508 e. The van der Waals surface area contributed by atoms with Crippen LogP contribution in [0, 0.1) is 13.8 Å². The van der Waals surface area contributed by atoms with Crippen LogP contribution < -0.4 is 10.6 Å². The summed E-state index contributed by atoms with van der Waals surface area (Å²) in [6, 6.07) is 10.4.